The van der Waals surface area contributed by atoms with E-state index in [4.69, 9.17) is 9.97 Å². The van der Waals surface area contributed by atoms with E-state index in [0.717, 1.165) is 36.6 Å². The Morgan fingerprint density at radius 1 is 1.06 bits per heavy atom. The first kappa shape index (κ1) is 23.3. The van der Waals surface area contributed by atoms with Gasteiger partial charge < -0.3 is 25.2 Å². The van der Waals surface area contributed by atoms with Crippen LogP contribution < -0.4 is 15.5 Å². The van der Waals surface area contributed by atoms with Gasteiger partial charge in [-0.25, -0.2) is 4.98 Å². The average molecular weight is 472 g/mol. The molecule has 0 aliphatic carbocycles. The van der Waals surface area contributed by atoms with Crippen molar-refractivity contribution < 1.29 is 5.11 Å². The van der Waals surface area contributed by atoms with E-state index >= 15 is 0 Å². The van der Waals surface area contributed by atoms with Crippen LogP contribution in [0.15, 0.2) is 60.9 Å². The second kappa shape index (κ2) is 10.4. The molecule has 1 saturated heterocycles. The number of nitrogens with one attached hydrogen (secondary N) is 2. The largest absolute Gasteiger partial charge is 0.396 e. The quantitative estimate of drug-likeness (QED) is 0.360. The minimum absolute atomic E-state index is 0.138. The van der Waals surface area contributed by atoms with Crippen LogP contribution in [0.3, 0.4) is 0 Å². The molecule has 3 N–H and O–H groups in total. The molecule has 0 bridgehead atoms. The molecule has 1 aliphatic heterocycles. The van der Waals surface area contributed by atoms with Crippen molar-refractivity contribution in [2.45, 2.75) is 38.9 Å². The highest BCUT2D eigenvalue weighted by atomic mass is 16.3. The maximum atomic E-state index is 9.57. The van der Waals surface area contributed by atoms with Crippen LogP contribution in [-0.4, -0.2) is 56.9 Å². The summed E-state index contributed by atoms with van der Waals surface area (Å²) in [5.41, 5.74) is 5.18. The molecule has 0 amide bonds. The Labute approximate surface area is 206 Å². The van der Waals surface area contributed by atoms with E-state index in [1.807, 2.05) is 12.4 Å². The molecule has 8 nitrogen and oxygen atoms in total. The van der Waals surface area contributed by atoms with Crippen LogP contribution in [0.5, 0.6) is 0 Å². The molecule has 1 aliphatic rings. The van der Waals surface area contributed by atoms with Gasteiger partial charge in [-0.2, -0.15) is 9.97 Å². The van der Waals surface area contributed by atoms with Crippen molar-refractivity contribution in [2.24, 2.45) is 0 Å². The van der Waals surface area contributed by atoms with Crippen LogP contribution in [-0.2, 0) is 6.54 Å². The third-order valence-corrected chi connectivity index (χ3v) is 6.56. The van der Waals surface area contributed by atoms with Crippen LogP contribution in [0, 0.1) is 0 Å². The zero-order valence-electron chi connectivity index (χ0n) is 20.4. The maximum absolute atomic E-state index is 9.57. The first-order valence-electron chi connectivity index (χ1n) is 12.3. The van der Waals surface area contributed by atoms with Crippen molar-refractivity contribution in [3.05, 3.63) is 66.5 Å². The number of aliphatic hydroxyl groups excluding tert-OH is 1. The SMILES string of the molecule is CC(C)n1cnc2c(NCc3ccc(-c4ccccc4)cc3)nc(N3CCNCC3CCO)nc21. The van der Waals surface area contributed by atoms with Crippen molar-refractivity contribution in [1.82, 2.24) is 24.8 Å². The highest BCUT2D eigenvalue weighted by molar-refractivity contribution is 5.84. The van der Waals surface area contributed by atoms with Crippen molar-refractivity contribution in [3.63, 3.8) is 0 Å². The van der Waals surface area contributed by atoms with E-state index in [9.17, 15) is 5.11 Å². The Hall–Kier alpha value is -3.49. The molecule has 0 saturated carbocycles. The summed E-state index contributed by atoms with van der Waals surface area (Å²) in [6, 6.07) is 19.4. The van der Waals surface area contributed by atoms with Crippen molar-refractivity contribution in [2.75, 3.05) is 36.5 Å². The first-order valence-corrected chi connectivity index (χ1v) is 12.3. The Bertz CT molecular complexity index is 1250. The van der Waals surface area contributed by atoms with Crippen LogP contribution >= 0.6 is 0 Å². The number of imidazole rings is 1. The topological polar surface area (TPSA) is 91.1 Å². The predicted molar refractivity (Wildman–Crippen MR) is 141 cm³/mol. The van der Waals surface area contributed by atoms with Crippen LogP contribution in [0.25, 0.3) is 22.3 Å². The lowest BCUT2D eigenvalue weighted by atomic mass is 10.0. The van der Waals surface area contributed by atoms with Gasteiger partial charge in [-0.1, -0.05) is 54.6 Å². The van der Waals surface area contributed by atoms with E-state index in [-0.39, 0.29) is 18.7 Å². The Balaban J connectivity index is 1.43. The second-order valence-electron chi connectivity index (χ2n) is 9.27. The number of aromatic nitrogens is 4. The highest BCUT2D eigenvalue weighted by Crippen LogP contribution is 2.27. The zero-order valence-corrected chi connectivity index (χ0v) is 20.4. The molecule has 182 valence electrons. The van der Waals surface area contributed by atoms with Gasteiger partial charge in [0.2, 0.25) is 5.95 Å². The minimum Gasteiger partial charge on any atom is -0.396 e. The molecule has 1 atom stereocenters. The summed E-state index contributed by atoms with van der Waals surface area (Å²) < 4.78 is 2.09. The van der Waals surface area contributed by atoms with Gasteiger partial charge in [0.1, 0.15) is 0 Å². The third kappa shape index (κ3) is 4.99. The van der Waals surface area contributed by atoms with Gasteiger partial charge in [-0.3, -0.25) is 0 Å². The average Bonchev–Trinajstić information content (AvgIpc) is 3.33. The van der Waals surface area contributed by atoms with Crippen LogP contribution in [0.4, 0.5) is 11.8 Å². The number of piperazine rings is 1. The minimum atomic E-state index is 0.138. The summed E-state index contributed by atoms with van der Waals surface area (Å²) in [7, 11) is 0. The fraction of sp³-hybridized carbons (Fsp3) is 0.370. The second-order valence-corrected chi connectivity index (χ2v) is 9.27. The molecule has 3 heterocycles. The highest BCUT2D eigenvalue weighted by Gasteiger charge is 2.26. The molecule has 8 heteroatoms. The van der Waals surface area contributed by atoms with E-state index in [2.05, 4.69) is 87.5 Å². The van der Waals surface area contributed by atoms with Gasteiger partial charge in [0.25, 0.3) is 0 Å². The number of anilines is 2. The summed E-state index contributed by atoms with van der Waals surface area (Å²) in [5.74, 6) is 1.42. The molecule has 35 heavy (non-hydrogen) atoms. The monoisotopic (exact) mass is 471 g/mol. The fourth-order valence-corrected chi connectivity index (χ4v) is 4.60. The number of fused-ring (bicyclic) bond motifs is 1. The lowest BCUT2D eigenvalue weighted by molar-refractivity contribution is 0.265. The zero-order chi connectivity index (χ0) is 24.2. The molecule has 2 aromatic heterocycles. The van der Waals surface area contributed by atoms with Crippen LogP contribution in [0.2, 0.25) is 0 Å². The molecule has 0 spiro atoms. The smallest absolute Gasteiger partial charge is 0.229 e. The molecule has 0 radical (unpaired) electrons. The number of rotatable bonds is 8. The van der Waals surface area contributed by atoms with E-state index in [1.165, 1.54) is 16.7 Å². The maximum Gasteiger partial charge on any atom is 0.229 e. The van der Waals surface area contributed by atoms with Crippen molar-refractivity contribution in [1.29, 1.82) is 0 Å². The Morgan fingerprint density at radius 3 is 2.57 bits per heavy atom. The van der Waals surface area contributed by atoms with Crippen molar-refractivity contribution in [3.8, 4) is 11.1 Å². The van der Waals surface area contributed by atoms with Gasteiger partial charge in [0, 0.05) is 44.9 Å². The third-order valence-electron chi connectivity index (χ3n) is 6.56. The van der Waals surface area contributed by atoms with E-state index in [1.54, 1.807) is 0 Å². The Morgan fingerprint density at radius 2 is 1.83 bits per heavy atom. The molecule has 5 rings (SSSR count). The summed E-state index contributed by atoms with van der Waals surface area (Å²) >= 11 is 0. The number of nitrogens with zero attached hydrogens (tertiary/aromatic N) is 5. The standard InChI is InChI=1S/C27H33N7O/c1-19(2)34-18-30-24-25(29-16-20-8-10-22(11-9-20)21-6-4-3-5-7-21)31-27(32-26(24)34)33-14-13-28-17-23(33)12-15-35/h3-11,18-19,23,28,35H,12-17H2,1-2H3,(H,29,31,32). The van der Waals surface area contributed by atoms with E-state index in [0.29, 0.717) is 18.9 Å². The summed E-state index contributed by atoms with van der Waals surface area (Å²) in [4.78, 5) is 16.7. The molecular weight excluding hydrogens is 438 g/mol. The fourth-order valence-electron chi connectivity index (χ4n) is 4.60. The van der Waals surface area contributed by atoms with Gasteiger partial charge >= 0.3 is 0 Å². The molecule has 1 unspecified atom stereocenters. The number of aliphatic hydroxyl groups is 1. The lowest BCUT2D eigenvalue weighted by Gasteiger charge is -2.36. The normalized spacial score (nSPS) is 16.2. The summed E-state index contributed by atoms with van der Waals surface area (Å²) in [6.07, 6.45) is 2.52. The van der Waals surface area contributed by atoms with Gasteiger partial charge in [-0.15, -0.1) is 0 Å². The van der Waals surface area contributed by atoms with Gasteiger partial charge in [0.05, 0.1) is 6.33 Å². The predicted octanol–water partition coefficient (Wildman–Crippen LogP) is 3.85. The molecule has 2 aromatic carbocycles. The summed E-state index contributed by atoms with van der Waals surface area (Å²) in [6.45, 7) is 7.50. The Kier molecular flexibility index (Phi) is 6.92. The lowest BCUT2D eigenvalue weighted by Crippen LogP contribution is -2.52. The van der Waals surface area contributed by atoms with Gasteiger partial charge in [-0.05, 0) is 37.0 Å². The first-order chi connectivity index (χ1) is 17.1. The summed E-state index contributed by atoms with van der Waals surface area (Å²) in [5, 5.41) is 16.5. The molecular formula is C27H33N7O. The van der Waals surface area contributed by atoms with Gasteiger partial charge in [0.15, 0.2) is 17.0 Å². The van der Waals surface area contributed by atoms with Crippen LogP contribution in [0.1, 0.15) is 31.9 Å². The number of hydrogen-bond acceptors (Lipinski definition) is 7. The van der Waals surface area contributed by atoms with Crippen molar-refractivity contribution >= 4 is 22.9 Å². The number of hydrogen-bond donors (Lipinski definition) is 3. The molecule has 1 fully saturated rings. The van der Waals surface area contributed by atoms with E-state index < -0.39 is 0 Å². The number of benzene rings is 2. The molecule has 4 aromatic rings.